The quantitative estimate of drug-likeness (QED) is 0.852. The average Bonchev–Trinajstić information content (AvgIpc) is 2.66. The standard InChI is InChI=1S/C16H22N2O2/c1-11-9-12(3-6-15(11)19)16(20)18-8-7-13-4-5-14(10-18)17(13)2/h3,6,9,13-14,19H,4-5,7-8,10H2,1-2H3. The number of phenolic OH excluding ortho intramolecular Hbond substituents is 1. The van der Waals surface area contributed by atoms with Gasteiger partial charge in [0.05, 0.1) is 0 Å². The first-order valence-electron chi connectivity index (χ1n) is 7.37. The normalized spacial score (nSPS) is 26.6. The highest BCUT2D eigenvalue weighted by atomic mass is 16.3. The third-order valence-corrected chi connectivity index (χ3v) is 4.88. The summed E-state index contributed by atoms with van der Waals surface area (Å²) in [5, 5.41) is 9.57. The number of fused-ring (bicyclic) bond motifs is 2. The van der Waals surface area contributed by atoms with E-state index in [4.69, 9.17) is 0 Å². The fourth-order valence-corrected chi connectivity index (χ4v) is 3.46. The Hall–Kier alpha value is -1.55. The molecule has 2 bridgehead atoms. The maximum absolute atomic E-state index is 12.6. The maximum atomic E-state index is 12.6. The third kappa shape index (κ3) is 2.29. The highest BCUT2D eigenvalue weighted by Gasteiger charge is 2.36. The zero-order valence-electron chi connectivity index (χ0n) is 12.2. The van der Waals surface area contributed by atoms with E-state index in [-0.39, 0.29) is 11.7 Å². The minimum absolute atomic E-state index is 0.0917. The molecule has 1 aromatic rings. The van der Waals surface area contributed by atoms with Gasteiger partial charge in [-0.2, -0.15) is 0 Å². The van der Waals surface area contributed by atoms with Gasteiger partial charge in [-0.1, -0.05) is 0 Å². The molecule has 20 heavy (non-hydrogen) atoms. The number of nitrogens with zero attached hydrogens (tertiary/aromatic N) is 2. The van der Waals surface area contributed by atoms with Crippen LogP contribution in [-0.4, -0.2) is 53.0 Å². The first-order valence-corrected chi connectivity index (χ1v) is 7.37. The number of hydrogen-bond donors (Lipinski definition) is 1. The van der Waals surface area contributed by atoms with Crippen LogP contribution in [0.25, 0.3) is 0 Å². The van der Waals surface area contributed by atoms with Crippen LogP contribution >= 0.6 is 0 Å². The van der Waals surface area contributed by atoms with Gasteiger partial charge in [-0.3, -0.25) is 9.69 Å². The molecule has 2 fully saturated rings. The second kappa shape index (κ2) is 5.09. The number of phenols is 1. The number of rotatable bonds is 1. The van der Waals surface area contributed by atoms with Gasteiger partial charge < -0.3 is 10.0 Å². The lowest BCUT2D eigenvalue weighted by Gasteiger charge is -2.26. The Morgan fingerprint density at radius 3 is 2.75 bits per heavy atom. The zero-order valence-corrected chi connectivity index (χ0v) is 12.2. The molecule has 3 rings (SSSR count). The van der Waals surface area contributed by atoms with Gasteiger partial charge in [0.2, 0.25) is 0 Å². The van der Waals surface area contributed by atoms with Gasteiger partial charge in [-0.25, -0.2) is 0 Å². The van der Waals surface area contributed by atoms with Crippen molar-refractivity contribution in [3.8, 4) is 5.75 Å². The van der Waals surface area contributed by atoms with E-state index in [0.29, 0.717) is 17.6 Å². The smallest absolute Gasteiger partial charge is 0.253 e. The second-order valence-electron chi connectivity index (χ2n) is 6.09. The zero-order chi connectivity index (χ0) is 14.3. The minimum atomic E-state index is 0.0917. The summed E-state index contributed by atoms with van der Waals surface area (Å²) in [6.45, 7) is 3.49. The lowest BCUT2D eigenvalue weighted by atomic mass is 10.1. The van der Waals surface area contributed by atoms with E-state index in [1.54, 1.807) is 18.2 Å². The van der Waals surface area contributed by atoms with Gasteiger partial charge in [-0.05, 0) is 57.0 Å². The van der Waals surface area contributed by atoms with Crippen LogP contribution in [0.4, 0.5) is 0 Å². The van der Waals surface area contributed by atoms with E-state index in [0.717, 1.165) is 25.1 Å². The molecule has 0 saturated carbocycles. The lowest BCUT2D eigenvalue weighted by Crippen LogP contribution is -2.39. The van der Waals surface area contributed by atoms with Crippen LogP contribution in [0.2, 0.25) is 0 Å². The molecule has 2 saturated heterocycles. The molecule has 4 heteroatoms. The molecule has 2 unspecified atom stereocenters. The lowest BCUT2D eigenvalue weighted by molar-refractivity contribution is 0.0740. The molecule has 2 heterocycles. The molecule has 0 radical (unpaired) electrons. The molecule has 2 aliphatic heterocycles. The molecular weight excluding hydrogens is 252 g/mol. The molecule has 108 valence electrons. The average molecular weight is 274 g/mol. The summed E-state index contributed by atoms with van der Waals surface area (Å²) in [7, 11) is 2.18. The van der Waals surface area contributed by atoms with Crippen molar-refractivity contribution in [3.63, 3.8) is 0 Å². The van der Waals surface area contributed by atoms with Crippen LogP contribution in [0.1, 0.15) is 35.2 Å². The predicted molar refractivity (Wildman–Crippen MR) is 77.9 cm³/mol. The molecular formula is C16H22N2O2. The van der Waals surface area contributed by atoms with Crippen molar-refractivity contribution in [2.45, 2.75) is 38.3 Å². The van der Waals surface area contributed by atoms with Gasteiger partial charge in [0, 0.05) is 30.7 Å². The van der Waals surface area contributed by atoms with Crippen molar-refractivity contribution in [1.82, 2.24) is 9.80 Å². The maximum Gasteiger partial charge on any atom is 0.253 e. The Labute approximate surface area is 120 Å². The predicted octanol–water partition coefficient (Wildman–Crippen LogP) is 2.01. The first-order chi connectivity index (χ1) is 9.56. The Balaban J connectivity index is 1.78. The highest BCUT2D eigenvalue weighted by Crippen LogP contribution is 2.29. The number of carbonyl (C=O) groups is 1. The number of aromatic hydroxyl groups is 1. The number of hydrogen-bond acceptors (Lipinski definition) is 3. The second-order valence-corrected chi connectivity index (χ2v) is 6.09. The molecule has 2 aliphatic rings. The van der Waals surface area contributed by atoms with E-state index in [1.807, 2.05) is 11.8 Å². The monoisotopic (exact) mass is 274 g/mol. The van der Waals surface area contributed by atoms with Crippen LogP contribution < -0.4 is 0 Å². The number of likely N-dealkylation sites (tertiary alicyclic amines) is 1. The fourth-order valence-electron chi connectivity index (χ4n) is 3.46. The molecule has 1 amide bonds. The molecule has 0 aliphatic carbocycles. The SMILES string of the molecule is Cc1cc(C(=O)N2CCC3CCC(C2)N3C)ccc1O. The molecule has 2 atom stereocenters. The largest absolute Gasteiger partial charge is 0.508 e. The number of amides is 1. The van der Waals surface area contributed by atoms with Crippen LogP contribution in [0.3, 0.4) is 0 Å². The summed E-state index contributed by atoms with van der Waals surface area (Å²) >= 11 is 0. The fraction of sp³-hybridized carbons (Fsp3) is 0.562. The number of benzene rings is 1. The Kier molecular flexibility index (Phi) is 3.42. The van der Waals surface area contributed by atoms with Crippen LogP contribution in [0, 0.1) is 6.92 Å². The Morgan fingerprint density at radius 2 is 2.00 bits per heavy atom. The van der Waals surface area contributed by atoms with E-state index in [9.17, 15) is 9.90 Å². The van der Waals surface area contributed by atoms with Crippen molar-refractivity contribution in [1.29, 1.82) is 0 Å². The molecule has 1 aromatic carbocycles. The number of aryl methyl sites for hydroxylation is 1. The van der Waals surface area contributed by atoms with Crippen molar-refractivity contribution < 1.29 is 9.90 Å². The van der Waals surface area contributed by atoms with Gasteiger partial charge in [0.1, 0.15) is 5.75 Å². The molecule has 1 N–H and O–H groups in total. The summed E-state index contributed by atoms with van der Waals surface area (Å²) in [6, 6.07) is 6.25. The third-order valence-electron chi connectivity index (χ3n) is 4.88. The van der Waals surface area contributed by atoms with Crippen LogP contribution in [-0.2, 0) is 0 Å². The summed E-state index contributed by atoms with van der Waals surface area (Å²) in [5.41, 5.74) is 1.44. The topological polar surface area (TPSA) is 43.8 Å². The summed E-state index contributed by atoms with van der Waals surface area (Å²) < 4.78 is 0. The van der Waals surface area contributed by atoms with E-state index in [1.165, 1.54) is 12.8 Å². The van der Waals surface area contributed by atoms with Crippen molar-refractivity contribution in [2.75, 3.05) is 20.1 Å². The van der Waals surface area contributed by atoms with Gasteiger partial charge in [0.15, 0.2) is 0 Å². The highest BCUT2D eigenvalue weighted by molar-refractivity contribution is 5.94. The van der Waals surface area contributed by atoms with Crippen LogP contribution in [0.15, 0.2) is 18.2 Å². The van der Waals surface area contributed by atoms with Crippen molar-refractivity contribution in [3.05, 3.63) is 29.3 Å². The van der Waals surface area contributed by atoms with E-state index >= 15 is 0 Å². The summed E-state index contributed by atoms with van der Waals surface area (Å²) in [5.74, 6) is 0.338. The number of carbonyl (C=O) groups excluding carboxylic acids is 1. The molecule has 4 nitrogen and oxygen atoms in total. The molecule has 0 spiro atoms. The van der Waals surface area contributed by atoms with E-state index < -0.39 is 0 Å². The summed E-state index contributed by atoms with van der Waals surface area (Å²) in [6.07, 6.45) is 3.52. The van der Waals surface area contributed by atoms with E-state index in [2.05, 4.69) is 11.9 Å². The minimum Gasteiger partial charge on any atom is -0.508 e. The van der Waals surface area contributed by atoms with Gasteiger partial charge >= 0.3 is 0 Å². The Bertz CT molecular complexity index is 529. The first kappa shape index (κ1) is 13.4. The van der Waals surface area contributed by atoms with Crippen molar-refractivity contribution >= 4 is 5.91 Å². The van der Waals surface area contributed by atoms with Gasteiger partial charge in [-0.15, -0.1) is 0 Å². The van der Waals surface area contributed by atoms with Crippen molar-refractivity contribution in [2.24, 2.45) is 0 Å². The number of likely N-dealkylation sites (N-methyl/N-ethyl adjacent to an activating group) is 1. The molecule has 0 aromatic heterocycles. The van der Waals surface area contributed by atoms with Crippen LogP contribution in [0.5, 0.6) is 5.75 Å². The Morgan fingerprint density at radius 1 is 1.25 bits per heavy atom. The van der Waals surface area contributed by atoms with Gasteiger partial charge in [0.25, 0.3) is 5.91 Å². The summed E-state index contributed by atoms with van der Waals surface area (Å²) in [4.78, 5) is 17.0.